The average Bonchev–Trinajstić information content (AvgIpc) is 3.12. The van der Waals surface area contributed by atoms with Crippen molar-refractivity contribution < 1.29 is 28.5 Å². The van der Waals surface area contributed by atoms with Crippen molar-refractivity contribution in [3.63, 3.8) is 0 Å². The van der Waals surface area contributed by atoms with E-state index in [0.29, 0.717) is 23.8 Å². The lowest BCUT2D eigenvalue weighted by atomic mass is 10.2. The third kappa shape index (κ3) is 5.13. The van der Waals surface area contributed by atoms with E-state index in [1.54, 1.807) is 25.1 Å². The van der Waals surface area contributed by atoms with Gasteiger partial charge in [0.05, 0.1) is 0 Å². The molecule has 0 spiro atoms. The molecule has 3 rings (SSSR count). The summed E-state index contributed by atoms with van der Waals surface area (Å²) in [5.41, 5.74) is 1.88. The van der Waals surface area contributed by atoms with Gasteiger partial charge in [-0.3, -0.25) is 4.79 Å². The maximum atomic E-state index is 12.0. The number of amides is 1. The maximum Gasteiger partial charge on any atom is 0.347 e. The summed E-state index contributed by atoms with van der Waals surface area (Å²) in [6.07, 6.45) is -0.812. The van der Waals surface area contributed by atoms with Gasteiger partial charge in [-0.2, -0.15) is 0 Å². The van der Waals surface area contributed by atoms with Gasteiger partial charge in [0.15, 0.2) is 24.2 Å². The molecule has 0 unspecified atom stereocenters. The fraction of sp³-hybridized carbons (Fsp3) is 0.300. The van der Waals surface area contributed by atoms with Crippen LogP contribution in [-0.2, 0) is 20.9 Å². The Bertz CT molecular complexity index is 835. The maximum absolute atomic E-state index is 12.0. The van der Waals surface area contributed by atoms with Gasteiger partial charge in [0.1, 0.15) is 5.75 Å². The van der Waals surface area contributed by atoms with Crippen LogP contribution in [0.4, 0.5) is 0 Å². The van der Waals surface area contributed by atoms with Crippen LogP contribution in [0.15, 0.2) is 42.5 Å². The van der Waals surface area contributed by atoms with E-state index < -0.39 is 18.0 Å². The highest BCUT2D eigenvalue weighted by Crippen LogP contribution is 2.32. The monoisotopic (exact) mass is 371 g/mol. The molecular formula is C20H21NO6. The molecule has 2 aromatic carbocycles. The standard InChI is InChI=1S/C20H21NO6/c1-13-4-3-5-16(8-13)27-14(2)20(23)24-11-19(22)21-10-15-6-7-17-18(9-15)26-12-25-17/h3-9,14H,10-12H2,1-2H3,(H,21,22)/t14-/m0/s1. The molecule has 0 aliphatic carbocycles. The summed E-state index contributed by atoms with van der Waals surface area (Å²) in [7, 11) is 0. The molecule has 0 radical (unpaired) electrons. The fourth-order valence-corrected chi connectivity index (χ4v) is 2.50. The lowest BCUT2D eigenvalue weighted by Crippen LogP contribution is -2.32. The number of fused-ring (bicyclic) bond motifs is 1. The van der Waals surface area contributed by atoms with Gasteiger partial charge in [-0.05, 0) is 49.2 Å². The largest absolute Gasteiger partial charge is 0.479 e. The zero-order valence-corrected chi connectivity index (χ0v) is 15.2. The predicted molar refractivity (Wildman–Crippen MR) is 96.6 cm³/mol. The number of benzene rings is 2. The number of esters is 1. The second-order valence-electron chi connectivity index (χ2n) is 6.15. The molecule has 2 aromatic rings. The van der Waals surface area contributed by atoms with Crippen LogP contribution in [0.3, 0.4) is 0 Å². The van der Waals surface area contributed by atoms with E-state index in [-0.39, 0.29) is 13.4 Å². The lowest BCUT2D eigenvalue weighted by Gasteiger charge is -2.14. The van der Waals surface area contributed by atoms with Crippen molar-refractivity contribution >= 4 is 11.9 Å². The molecule has 7 heteroatoms. The second-order valence-corrected chi connectivity index (χ2v) is 6.15. The molecule has 1 atom stereocenters. The van der Waals surface area contributed by atoms with Crippen LogP contribution in [0.2, 0.25) is 0 Å². The van der Waals surface area contributed by atoms with Crippen molar-refractivity contribution in [2.75, 3.05) is 13.4 Å². The minimum absolute atomic E-state index is 0.198. The summed E-state index contributed by atoms with van der Waals surface area (Å²) >= 11 is 0. The molecule has 0 fully saturated rings. The molecule has 1 aliphatic heterocycles. The zero-order chi connectivity index (χ0) is 19.2. The molecule has 0 saturated carbocycles. The van der Waals surface area contributed by atoms with Crippen LogP contribution in [0.1, 0.15) is 18.1 Å². The normalized spacial score (nSPS) is 13.0. The molecule has 1 aliphatic rings. The van der Waals surface area contributed by atoms with Crippen molar-refractivity contribution in [3.8, 4) is 17.2 Å². The first-order valence-electron chi connectivity index (χ1n) is 8.56. The van der Waals surface area contributed by atoms with Crippen LogP contribution in [0.5, 0.6) is 17.2 Å². The highest BCUT2D eigenvalue weighted by atomic mass is 16.7. The zero-order valence-electron chi connectivity index (χ0n) is 15.2. The van der Waals surface area contributed by atoms with E-state index in [1.807, 2.05) is 31.2 Å². The molecular weight excluding hydrogens is 350 g/mol. The molecule has 142 valence electrons. The quantitative estimate of drug-likeness (QED) is 0.753. The smallest absolute Gasteiger partial charge is 0.347 e. The number of rotatable bonds is 7. The first kappa shape index (κ1) is 18.6. The van der Waals surface area contributed by atoms with E-state index in [1.165, 1.54) is 0 Å². The Labute approximate surface area is 157 Å². The predicted octanol–water partition coefficient (Wildman–Crippen LogP) is 2.35. The van der Waals surface area contributed by atoms with E-state index in [2.05, 4.69) is 5.32 Å². The van der Waals surface area contributed by atoms with Crippen molar-refractivity contribution in [1.29, 1.82) is 0 Å². The number of nitrogens with one attached hydrogen (secondary N) is 1. The SMILES string of the molecule is Cc1cccc(O[C@@H](C)C(=O)OCC(=O)NCc2ccc3c(c2)OCO3)c1. The van der Waals surface area contributed by atoms with E-state index in [9.17, 15) is 9.59 Å². The minimum Gasteiger partial charge on any atom is -0.479 e. The number of carbonyl (C=O) groups is 2. The Morgan fingerprint density at radius 3 is 2.78 bits per heavy atom. The van der Waals surface area contributed by atoms with Gasteiger partial charge in [0.2, 0.25) is 6.79 Å². The Morgan fingerprint density at radius 2 is 1.96 bits per heavy atom. The number of aryl methyl sites for hydroxylation is 1. The number of carbonyl (C=O) groups excluding carboxylic acids is 2. The van der Waals surface area contributed by atoms with Crippen LogP contribution >= 0.6 is 0 Å². The average molecular weight is 371 g/mol. The summed E-state index contributed by atoms with van der Waals surface area (Å²) in [5.74, 6) is 0.905. The number of hydrogen-bond acceptors (Lipinski definition) is 6. The lowest BCUT2D eigenvalue weighted by molar-refractivity contribution is -0.154. The first-order valence-corrected chi connectivity index (χ1v) is 8.56. The summed E-state index contributed by atoms with van der Waals surface area (Å²) in [5, 5.41) is 2.69. The molecule has 27 heavy (non-hydrogen) atoms. The summed E-state index contributed by atoms with van der Waals surface area (Å²) < 4.78 is 21.1. The molecule has 0 aromatic heterocycles. The van der Waals surface area contributed by atoms with Gasteiger partial charge in [0, 0.05) is 6.54 Å². The van der Waals surface area contributed by atoms with Gasteiger partial charge in [-0.1, -0.05) is 18.2 Å². The molecule has 0 saturated heterocycles. The molecule has 1 heterocycles. The third-order valence-electron chi connectivity index (χ3n) is 3.91. The minimum atomic E-state index is -0.812. The van der Waals surface area contributed by atoms with E-state index in [4.69, 9.17) is 18.9 Å². The molecule has 1 amide bonds. The third-order valence-corrected chi connectivity index (χ3v) is 3.91. The topological polar surface area (TPSA) is 83.1 Å². The van der Waals surface area contributed by atoms with E-state index in [0.717, 1.165) is 11.1 Å². The van der Waals surface area contributed by atoms with Gasteiger partial charge in [0.25, 0.3) is 5.91 Å². The van der Waals surface area contributed by atoms with Crippen molar-refractivity contribution in [1.82, 2.24) is 5.32 Å². The Kier molecular flexibility index (Phi) is 5.80. The van der Waals surface area contributed by atoms with Gasteiger partial charge in [-0.25, -0.2) is 4.79 Å². The summed E-state index contributed by atoms with van der Waals surface area (Å²) in [6.45, 7) is 3.63. The number of ether oxygens (including phenoxy) is 4. The van der Waals surface area contributed by atoms with Crippen LogP contribution < -0.4 is 19.5 Å². The Balaban J connectivity index is 1.41. The van der Waals surface area contributed by atoms with Crippen molar-refractivity contribution in [2.45, 2.75) is 26.5 Å². The first-order chi connectivity index (χ1) is 13.0. The van der Waals surface area contributed by atoms with Gasteiger partial charge < -0.3 is 24.3 Å². The summed E-state index contributed by atoms with van der Waals surface area (Å²) in [6, 6.07) is 12.8. The van der Waals surface area contributed by atoms with Crippen LogP contribution in [0, 0.1) is 6.92 Å². The number of hydrogen-bond donors (Lipinski definition) is 1. The highest BCUT2D eigenvalue weighted by molar-refractivity contribution is 5.82. The van der Waals surface area contributed by atoms with Crippen molar-refractivity contribution in [3.05, 3.63) is 53.6 Å². The van der Waals surface area contributed by atoms with Gasteiger partial charge >= 0.3 is 5.97 Å². The molecule has 0 bridgehead atoms. The molecule has 7 nitrogen and oxygen atoms in total. The molecule has 1 N–H and O–H groups in total. The Morgan fingerprint density at radius 1 is 1.15 bits per heavy atom. The second kappa shape index (κ2) is 8.44. The Hall–Kier alpha value is -3.22. The van der Waals surface area contributed by atoms with E-state index >= 15 is 0 Å². The van der Waals surface area contributed by atoms with Crippen LogP contribution in [0.25, 0.3) is 0 Å². The fourth-order valence-electron chi connectivity index (χ4n) is 2.50. The highest BCUT2D eigenvalue weighted by Gasteiger charge is 2.18. The van der Waals surface area contributed by atoms with Crippen molar-refractivity contribution in [2.24, 2.45) is 0 Å². The van der Waals surface area contributed by atoms with Crippen LogP contribution in [-0.4, -0.2) is 31.4 Å². The van der Waals surface area contributed by atoms with Gasteiger partial charge in [-0.15, -0.1) is 0 Å². The summed E-state index contributed by atoms with van der Waals surface area (Å²) in [4.78, 5) is 23.9.